The molecule has 1 N–H and O–H groups in total. The molecule has 0 spiro atoms. The first kappa shape index (κ1) is 7.46. The minimum Gasteiger partial charge on any atom is -0.465 e. The molecule has 0 aliphatic heterocycles. The van der Waals surface area contributed by atoms with Gasteiger partial charge in [0.25, 0.3) is 0 Å². The molecule has 1 amide bonds. The van der Waals surface area contributed by atoms with Crippen LogP contribution in [0.1, 0.15) is 0 Å². The molecule has 0 aliphatic carbocycles. The largest absolute Gasteiger partial charge is 0.465 e. The minimum atomic E-state index is -1.05. The Labute approximate surface area is 63.3 Å². The van der Waals surface area contributed by atoms with Gasteiger partial charge in [0.2, 0.25) is 0 Å². The Morgan fingerprint density at radius 1 is 1.64 bits per heavy atom. The summed E-state index contributed by atoms with van der Waals surface area (Å²) in [5, 5.41) is 8.49. The van der Waals surface area contributed by atoms with Gasteiger partial charge >= 0.3 is 6.09 Å². The Morgan fingerprint density at radius 3 is 2.82 bits per heavy atom. The second kappa shape index (κ2) is 2.96. The number of carbonyl (C=O) groups is 1. The maximum absolute atomic E-state index is 10.4. The number of hydrogen-bond donors (Lipinski definition) is 1. The van der Waals surface area contributed by atoms with Crippen molar-refractivity contribution in [3.63, 3.8) is 0 Å². The fraction of sp³-hybridized carbons (Fsp3) is 0.167. The summed E-state index contributed by atoms with van der Waals surface area (Å²) in [6.07, 6.45) is 3.26. The van der Waals surface area contributed by atoms with Gasteiger partial charge in [0.05, 0.1) is 6.20 Å². The van der Waals surface area contributed by atoms with Gasteiger partial charge in [-0.05, 0) is 0 Å². The van der Waals surface area contributed by atoms with Crippen LogP contribution in [0.2, 0.25) is 0 Å². The van der Waals surface area contributed by atoms with E-state index in [-0.39, 0.29) is 0 Å². The van der Waals surface area contributed by atoms with Crippen molar-refractivity contribution in [3.05, 3.63) is 18.6 Å². The van der Waals surface area contributed by atoms with Crippen LogP contribution in [0, 0.1) is 0 Å². The molecule has 0 saturated carbocycles. The van der Waals surface area contributed by atoms with Gasteiger partial charge in [0.1, 0.15) is 0 Å². The summed E-state index contributed by atoms with van der Waals surface area (Å²) < 4.78 is 0. The molecule has 0 saturated heterocycles. The van der Waals surface area contributed by atoms with Crippen LogP contribution in [-0.4, -0.2) is 28.2 Å². The Morgan fingerprint density at radius 2 is 2.36 bits per heavy atom. The molecule has 0 radical (unpaired) electrons. The highest BCUT2D eigenvalue weighted by molar-refractivity contribution is 5.83. The Bertz CT molecular complexity index is 249. The van der Waals surface area contributed by atoms with E-state index in [1.807, 2.05) is 0 Å². The topological polar surface area (TPSA) is 66.3 Å². The summed E-state index contributed by atoms with van der Waals surface area (Å²) in [5.74, 6) is 0.319. The Kier molecular flexibility index (Phi) is 2.00. The lowest BCUT2D eigenvalue weighted by Gasteiger charge is -2.09. The van der Waals surface area contributed by atoms with Crippen molar-refractivity contribution in [3.8, 4) is 0 Å². The molecule has 5 heteroatoms. The van der Waals surface area contributed by atoms with Crippen LogP contribution >= 0.6 is 0 Å². The third kappa shape index (κ3) is 1.64. The fourth-order valence-corrected chi connectivity index (χ4v) is 0.562. The maximum Gasteiger partial charge on any atom is 0.412 e. The van der Waals surface area contributed by atoms with Crippen molar-refractivity contribution < 1.29 is 9.90 Å². The molecule has 0 atom stereocenters. The number of aromatic nitrogens is 2. The van der Waals surface area contributed by atoms with Crippen molar-refractivity contribution in [2.24, 2.45) is 0 Å². The number of nitrogens with zero attached hydrogens (tertiary/aromatic N) is 3. The van der Waals surface area contributed by atoms with Gasteiger partial charge in [-0.15, -0.1) is 0 Å². The quantitative estimate of drug-likeness (QED) is 0.641. The molecule has 0 bridgehead atoms. The van der Waals surface area contributed by atoms with Crippen LogP contribution in [0.15, 0.2) is 18.6 Å². The first-order valence-corrected chi connectivity index (χ1v) is 2.94. The first-order chi connectivity index (χ1) is 5.22. The smallest absolute Gasteiger partial charge is 0.412 e. The molecule has 0 aromatic carbocycles. The lowest BCUT2D eigenvalue weighted by atomic mass is 10.6. The van der Waals surface area contributed by atoms with Crippen LogP contribution in [0.25, 0.3) is 0 Å². The maximum atomic E-state index is 10.4. The summed E-state index contributed by atoms with van der Waals surface area (Å²) in [5.41, 5.74) is 0. The molecule has 1 heterocycles. The highest BCUT2D eigenvalue weighted by atomic mass is 16.4. The molecule has 58 valence electrons. The van der Waals surface area contributed by atoms with Gasteiger partial charge in [-0.2, -0.15) is 0 Å². The zero-order valence-corrected chi connectivity index (χ0v) is 5.93. The van der Waals surface area contributed by atoms with E-state index in [4.69, 9.17) is 5.11 Å². The molecular formula is C6H7N3O2. The summed E-state index contributed by atoms with van der Waals surface area (Å²) in [4.78, 5) is 18.9. The number of anilines is 1. The lowest BCUT2D eigenvalue weighted by Crippen LogP contribution is -2.24. The van der Waals surface area contributed by atoms with E-state index in [0.717, 1.165) is 4.90 Å². The fourth-order valence-electron chi connectivity index (χ4n) is 0.562. The average Bonchev–Trinajstić information content (AvgIpc) is 2.05. The van der Waals surface area contributed by atoms with E-state index in [9.17, 15) is 4.79 Å². The molecule has 1 aromatic rings. The summed E-state index contributed by atoms with van der Waals surface area (Å²) in [6, 6.07) is 0. The number of rotatable bonds is 1. The number of hydrogen-bond acceptors (Lipinski definition) is 3. The number of amides is 1. The summed E-state index contributed by atoms with van der Waals surface area (Å²) in [7, 11) is 1.41. The van der Waals surface area contributed by atoms with Gasteiger partial charge in [-0.25, -0.2) is 9.78 Å². The minimum absolute atomic E-state index is 0.319. The first-order valence-electron chi connectivity index (χ1n) is 2.94. The third-order valence-corrected chi connectivity index (χ3v) is 1.18. The second-order valence-electron chi connectivity index (χ2n) is 1.91. The van der Waals surface area contributed by atoms with Crippen LogP contribution < -0.4 is 4.90 Å². The predicted molar refractivity (Wildman–Crippen MR) is 38.5 cm³/mol. The normalized spacial score (nSPS) is 9.18. The SMILES string of the molecule is CN(C(=O)O)c1cnccn1. The Balaban J connectivity index is 2.85. The zero-order chi connectivity index (χ0) is 8.27. The molecule has 1 aromatic heterocycles. The molecule has 0 unspecified atom stereocenters. The predicted octanol–water partition coefficient (Wildman–Crippen LogP) is 0.591. The van der Waals surface area contributed by atoms with E-state index >= 15 is 0 Å². The van der Waals surface area contributed by atoms with Crippen LogP contribution in [0.3, 0.4) is 0 Å². The van der Waals surface area contributed by atoms with Gasteiger partial charge in [-0.1, -0.05) is 0 Å². The molecule has 1 rings (SSSR count). The van der Waals surface area contributed by atoms with Crippen molar-refractivity contribution in [2.75, 3.05) is 11.9 Å². The molecule has 0 aliphatic rings. The third-order valence-electron chi connectivity index (χ3n) is 1.18. The van der Waals surface area contributed by atoms with Crippen molar-refractivity contribution in [2.45, 2.75) is 0 Å². The average molecular weight is 153 g/mol. The second-order valence-corrected chi connectivity index (χ2v) is 1.91. The van der Waals surface area contributed by atoms with Gasteiger partial charge in [0, 0.05) is 19.4 Å². The summed E-state index contributed by atoms with van der Waals surface area (Å²) >= 11 is 0. The van der Waals surface area contributed by atoms with Crippen LogP contribution in [0.5, 0.6) is 0 Å². The monoisotopic (exact) mass is 153 g/mol. The van der Waals surface area contributed by atoms with Gasteiger partial charge in [-0.3, -0.25) is 9.88 Å². The highest BCUT2D eigenvalue weighted by Crippen LogP contribution is 2.03. The molecular weight excluding hydrogens is 146 g/mol. The zero-order valence-electron chi connectivity index (χ0n) is 5.93. The summed E-state index contributed by atoms with van der Waals surface area (Å²) in [6.45, 7) is 0. The van der Waals surface area contributed by atoms with Crippen LogP contribution in [0.4, 0.5) is 10.6 Å². The van der Waals surface area contributed by atoms with Gasteiger partial charge in [0.15, 0.2) is 5.82 Å². The number of carboxylic acid groups (broad SMARTS) is 1. The van der Waals surface area contributed by atoms with E-state index in [0.29, 0.717) is 5.82 Å². The van der Waals surface area contributed by atoms with E-state index in [1.165, 1.54) is 25.6 Å². The van der Waals surface area contributed by atoms with Crippen molar-refractivity contribution in [1.29, 1.82) is 0 Å². The molecule has 5 nitrogen and oxygen atoms in total. The molecule has 11 heavy (non-hydrogen) atoms. The standard InChI is InChI=1S/C6H7N3O2/c1-9(6(10)11)5-4-7-2-3-8-5/h2-4H,1H3,(H,10,11). The van der Waals surface area contributed by atoms with E-state index in [2.05, 4.69) is 9.97 Å². The van der Waals surface area contributed by atoms with Crippen molar-refractivity contribution >= 4 is 11.9 Å². The van der Waals surface area contributed by atoms with Crippen molar-refractivity contribution in [1.82, 2.24) is 9.97 Å². The van der Waals surface area contributed by atoms with Crippen LogP contribution in [-0.2, 0) is 0 Å². The van der Waals surface area contributed by atoms with Gasteiger partial charge < -0.3 is 5.11 Å². The van der Waals surface area contributed by atoms with E-state index < -0.39 is 6.09 Å². The lowest BCUT2D eigenvalue weighted by molar-refractivity contribution is 0.203. The Hall–Kier alpha value is -1.65. The molecule has 0 fully saturated rings. The highest BCUT2D eigenvalue weighted by Gasteiger charge is 2.07. The van der Waals surface area contributed by atoms with E-state index in [1.54, 1.807) is 0 Å².